The molecule has 0 fully saturated rings. The first kappa shape index (κ1) is 17.4. The molecule has 2 aromatic rings. The molecule has 0 heterocycles. The van der Waals surface area contributed by atoms with Crippen molar-refractivity contribution in [3.05, 3.63) is 59.7 Å². The van der Waals surface area contributed by atoms with Gasteiger partial charge in [-0.2, -0.15) is 0 Å². The number of benzene rings is 2. The van der Waals surface area contributed by atoms with Crippen molar-refractivity contribution in [2.45, 2.75) is 0 Å². The number of carbonyl (C=O) groups is 2. The van der Waals surface area contributed by atoms with E-state index < -0.39 is 11.9 Å². The Morgan fingerprint density at radius 2 is 1.71 bits per heavy atom. The third kappa shape index (κ3) is 4.53. The van der Waals surface area contributed by atoms with Crippen molar-refractivity contribution in [1.29, 1.82) is 0 Å². The largest absolute Gasteiger partial charge is 0.497 e. The summed E-state index contributed by atoms with van der Waals surface area (Å²) in [5, 5.41) is 5.58. The lowest BCUT2D eigenvalue weighted by molar-refractivity contribution is 0.0600. The zero-order chi connectivity index (χ0) is 17.5. The van der Waals surface area contributed by atoms with Crippen molar-refractivity contribution < 1.29 is 19.1 Å². The van der Waals surface area contributed by atoms with Crippen LogP contribution in [0, 0.1) is 0 Å². The summed E-state index contributed by atoms with van der Waals surface area (Å²) in [4.78, 5) is 23.7. The fraction of sp³-hybridized carbons (Fsp3) is 0.118. The van der Waals surface area contributed by atoms with Crippen LogP contribution in [-0.4, -0.2) is 31.2 Å². The Hall–Kier alpha value is -2.93. The zero-order valence-electron chi connectivity index (χ0n) is 13.2. The Kier molecular flexibility index (Phi) is 5.86. The summed E-state index contributed by atoms with van der Waals surface area (Å²) in [7, 11) is 2.84. The molecule has 0 unspecified atom stereocenters. The van der Waals surface area contributed by atoms with Gasteiger partial charge in [0.1, 0.15) is 5.75 Å². The maximum atomic E-state index is 12.2. The summed E-state index contributed by atoms with van der Waals surface area (Å²) in [6, 6.07) is 13.3. The molecule has 0 radical (unpaired) electrons. The number of rotatable bonds is 4. The maximum absolute atomic E-state index is 12.2. The number of nitrogens with one attached hydrogen (secondary N) is 2. The number of carbonyl (C=O) groups excluding carboxylic acids is 2. The SMILES string of the molecule is COC(=O)c1cccc(C(=O)NC(=S)Nc2cccc(OC)c2)c1. The van der Waals surface area contributed by atoms with Crippen molar-refractivity contribution in [1.82, 2.24) is 5.32 Å². The molecule has 0 atom stereocenters. The van der Waals surface area contributed by atoms with E-state index in [2.05, 4.69) is 15.4 Å². The summed E-state index contributed by atoms with van der Waals surface area (Å²) < 4.78 is 9.75. The number of thiocarbonyl (C=S) groups is 1. The molecule has 0 saturated heterocycles. The highest BCUT2D eigenvalue weighted by atomic mass is 32.1. The molecule has 0 spiro atoms. The van der Waals surface area contributed by atoms with Gasteiger partial charge in [-0.15, -0.1) is 0 Å². The van der Waals surface area contributed by atoms with E-state index >= 15 is 0 Å². The third-order valence-corrected chi connectivity index (χ3v) is 3.30. The second-order valence-corrected chi connectivity index (χ2v) is 5.12. The minimum atomic E-state index is -0.512. The van der Waals surface area contributed by atoms with Crippen LogP contribution in [0.1, 0.15) is 20.7 Å². The minimum absolute atomic E-state index is 0.136. The van der Waals surface area contributed by atoms with Crippen LogP contribution in [0.3, 0.4) is 0 Å². The molecule has 0 saturated carbocycles. The van der Waals surface area contributed by atoms with Crippen LogP contribution in [0.2, 0.25) is 0 Å². The highest BCUT2D eigenvalue weighted by Gasteiger charge is 2.12. The maximum Gasteiger partial charge on any atom is 0.337 e. The topological polar surface area (TPSA) is 76.7 Å². The van der Waals surface area contributed by atoms with Gasteiger partial charge in [0.15, 0.2) is 5.11 Å². The molecule has 0 aromatic heterocycles. The van der Waals surface area contributed by atoms with Crippen molar-refractivity contribution in [3.8, 4) is 5.75 Å². The van der Waals surface area contributed by atoms with E-state index in [4.69, 9.17) is 17.0 Å². The monoisotopic (exact) mass is 344 g/mol. The van der Waals surface area contributed by atoms with E-state index in [-0.39, 0.29) is 10.7 Å². The predicted octanol–water partition coefficient (Wildman–Crippen LogP) is 2.61. The first-order chi connectivity index (χ1) is 11.5. The highest BCUT2D eigenvalue weighted by molar-refractivity contribution is 7.80. The van der Waals surface area contributed by atoms with Gasteiger partial charge in [0.05, 0.1) is 19.8 Å². The van der Waals surface area contributed by atoms with Crippen LogP contribution in [-0.2, 0) is 4.74 Å². The fourth-order valence-corrected chi connectivity index (χ4v) is 2.15. The second-order valence-electron chi connectivity index (χ2n) is 4.71. The number of esters is 1. The minimum Gasteiger partial charge on any atom is -0.497 e. The van der Waals surface area contributed by atoms with Crippen molar-refractivity contribution in [2.24, 2.45) is 0 Å². The molecule has 7 heteroatoms. The molecule has 0 aliphatic rings. The highest BCUT2D eigenvalue weighted by Crippen LogP contribution is 2.16. The summed E-state index contributed by atoms with van der Waals surface area (Å²) in [5.74, 6) is -0.275. The molecule has 2 rings (SSSR count). The van der Waals surface area contributed by atoms with E-state index in [1.54, 1.807) is 49.6 Å². The molecule has 124 valence electrons. The van der Waals surface area contributed by atoms with Crippen LogP contribution in [0.5, 0.6) is 5.75 Å². The third-order valence-electron chi connectivity index (χ3n) is 3.10. The quantitative estimate of drug-likeness (QED) is 0.656. The van der Waals surface area contributed by atoms with Gasteiger partial charge in [0.2, 0.25) is 0 Å². The lowest BCUT2D eigenvalue weighted by atomic mass is 10.1. The van der Waals surface area contributed by atoms with Gasteiger partial charge in [0.25, 0.3) is 5.91 Å². The number of hydrogen-bond acceptors (Lipinski definition) is 5. The lowest BCUT2D eigenvalue weighted by Gasteiger charge is -2.11. The Morgan fingerprint density at radius 1 is 1.00 bits per heavy atom. The standard InChI is InChI=1S/C17H16N2O4S/c1-22-14-8-4-7-13(10-14)18-17(24)19-15(20)11-5-3-6-12(9-11)16(21)23-2/h3-10H,1-2H3,(H2,18,19,20,24). The Morgan fingerprint density at radius 3 is 2.42 bits per heavy atom. The summed E-state index contributed by atoms with van der Waals surface area (Å²) in [6.45, 7) is 0. The normalized spacial score (nSPS) is 9.75. The van der Waals surface area contributed by atoms with E-state index in [9.17, 15) is 9.59 Å². The molecule has 2 aromatic carbocycles. The number of amides is 1. The number of anilines is 1. The van der Waals surface area contributed by atoms with Gasteiger partial charge in [-0.05, 0) is 42.5 Å². The molecule has 6 nitrogen and oxygen atoms in total. The summed E-state index contributed by atoms with van der Waals surface area (Å²) >= 11 is 5.12. The van der Waals surface area contributed by atoms with E-state index in [1.807, 2.05) is 0 Å². The zero-order valence-corrected chi connectivity index (χ0v) is 14.0. The van der Waals surface area contributed by atoms with Gasteiger partial charge in [-0.25, -0.2) is 4.79 Å². The predicted molar refractivity (Wildman–Crippen MR) is 94.5 cm³/mol. The Balaban J connectivity index is 2.03. The lowest BCUT2D eigenvalue weighted by Crippen LogP contribution is -2.34. The molecule has 2 N–H and O–H groups in total. The van der Waals surface area contributed by atoms with Gasteiger partial charge in [-0.1, -0.05) is 12.1 Å². The summed E-state index contributed by atoms with van der Waals surface area (Å²) in [6.07, 6.45) is 0. The van der Waals surface area contributed by atoms with Crippen LogP contribution in [0.25, 0.3) is 0 Å². The number of hydrogen-bond donors (Lipinski definition) is 2. The fourth-order valence-electron chi connectivity index (χ4n) is 1.94. The smallest absolute Gasteiger partial charge is 0.337 e. The van der Waals surface area contributed by atoms with Crippen molar-refractivity contribution in [2.75, 3.05) is 19.5 Å². The number of ether oxygens (including phenoxy) is 2. The number of methoxy groups -OCH3 is 2. The molecule has 0 bridgehead atoms. The van der Waals surface area contributed by atoms with Gasteiger partial charge >= 0.3 is 5.97 Å². The van der Waals surface area contributed by atoms with Crippen LogP contribution < -0.4 is 15.4 Å². The first-order valence-corrected chi connectivity index (χ1v) is 7.39. The van der Waals surface area contributed by atoms with Crippen LogP contribution in [0.15, 0.2) is 48.5 Å². The van der Waals surface area contributed by atoms with E-state index in [0.717, 1.165) is 0 Å². The van der Waals surface area contributed by atoms with Crippen molar-refractivity contribution >= 4 is 34.9 Å². The molecular weight excluding hydrogens is 328 g/mol. The molecule has 1 amide bonds. The molecule has 0 aliphatic heterocycles. The molecule has 0 aliphatic carbocycles. The average molecular weight is 344 g/mol. The second kappa shape index (κ2) is 8.07. The molecular formula is C17H16N2O4S. The Bertz CT molecular complexity index is 777. The van der Waals surface area contributed by atoms with Gasteiger partial charge in [-0.3, -0.25) is 10.1 Å². The van der Waals surface area contributed by atoms with E-state index in [1.165, 1.54) is 13.2 Å². The van der Waals surface area contributed by atoms with Gasteiger partial charge < -0.3 is 14.8 Å². The molecule has 24 heavy (non-hydrogen) atoms. The summed E-state index contributed by atoms with van der Waals surface area (Å²) in [5.41, 5.74) is 1.27. The van der Waals surface area contributed by atoms with Crippen molar-refractivity contribution in [3.63, 3.8) is 0 Å². The van der Waals surface area contributed by atoms with Gasteiger partial charge in [0, 0.05) is 17.3 Å². The average Bonchev–Trinajstić information content (AvgIpc) is 2.61. The van der Waals surface area contributed by atoms with Crippen LogP contribution in [0.4, 0.5) is 5.69 Å². The van der Waals surface area contributed by atoms with Crippen LogP contribution >= 0.6 is 12.2 Å². The Labute approximate surface area is 144 Å². The first-order valence-electron chi connectivity index (χ1n) is 6.98. The van der Waals surface area contributed by atoms with E-state index in [0.29, 0.717) is 17.0 Å².